The van der Waals surface area contributed by atoms with Gasteiger partial charge in [0.2, 0.25) is 5.91 Å². The molecule has 290 valence electrons. The molecular weight excluding hydrogens is 752 g/mol. The molecule has 5 heterocycles. The fraction of sp³-hybridized carbons (Fsp3) is 0.519. The summed E-state index contributed by atoms with van der Waals surface area (Å²) in [5.41, 5.74) is 10.9. The molecule has 0 aromatic carbocycles. The smallest absolute Gasteiger partial charge is 0.455 e. The van der Waals surface area contributed by atoms with E-state index in [-0.39, 0.29) is 41.5 Å². The van der Waals surface area contributed by atoms with Crippen LogP contribution in [0.3, 0.4) is 0 Å². The molecule has 2 aliphatic rings. The van der Waals surface area contributed by atoms with Crippen molar-refractivity contribution < 1.29 is 66.3 Å². The zero-order chi connectivity index (χ0) is 38.7. The van der Waals surface area contributed by atoms with E-state index in [4.69, 9.17) is 34.7 Å². The van der Waals surface area contributed by atoms with Gasteiger partial charge < -0.3 is 50.4 Å². The Morgan fingerprint density at radius 3 is 2.55 bits per heavy atom. The number of nitrogens with two attached hydrogens (primary N) is 2. The molecule has 0 radical (unpaired) electrons. The summed E-state index contributed by atoms with van der Waals surface area (Å²) in [6.45, 7) is 1.35. The number of rotatable bonds is 16. The van der Waals surface area contributed by atoms with E-state index in [1.165, 1.54) is 36.3 Å². The molecule has 5 unspecified atom stereocenters. The van der Waals surface area contributed by atoms with Gasteiger partial charge in [-0.15, -0.1) is 6.58 Å². The molecule has 26 heteroatoms. The monoisotopic (exact) mass is 789 g/mol. The number of ether oxygens (including phenoxy) is 3. The first-order chi connectivity index (χ1) is 25.0. The Hall–Kier alpha value is -4.19. The van der Waals surface area contributed by atoms with Crippen LogP contribution in [0.1, 0.15) is 31.7 Å². The van der Waals surface area contributed by atoms with Crippen molar-refractivity contribution in [3.05, 3.63) is 48.1 Å². The number of esters is 1. The van der Waals surface area contributed by atoms with Crippen molar-refractivity contribution in [2.24, 2.45) is 0 Å². The Bertz CT molecular complexity index is 1970. The molecule has 3 aromatic heterocycles. The number of nitrogens with zero attached hydrogens (tertiary/aromatic N) is 7. The zero-order valence-electron chi connectivity index (χ0n) is 27.8. The largest absolute Gasteiger partial charge is 0.472 e. The highest BCUT2D eigenvalue weighted by Gasteiger charge is 2.50. The minimum Gasteiger partial charge on any atom is -0.455 e. The van der Waals surface area contributed by atoms with E-state index in [9.17, 15) is 43.3 Å². The summed E-state index contributed by atoms with van der Waals surface area (Å²) < 4.78 is 59.1. The van der Waals surface area contributed by atoms with Crippen LogP contribution in [0, 0.1) is 0 Å². The third-order valence-corrected chi connectivity index (χ3v) is 9.51. The summed E-state index contributed by atoms with van der Waals surface area (Å²) in [5, 5.41) is 11.4. The molecule has 8 N–H and O–H groups in total. The molecule has 3 aromatic rings. The number of carbonyl (C=O) groups is 2. The number of amides is 1. The van der Waals surface area contributed by atoms with E-state index < -0.39 is 90.0 Å². The normalized spacial score (nSPS) is 25.6. The van der Waals surface area contributed by atoms with Gasteiger partial charge in [0.1, 0.15) is 54.9 Å². The topological polar surface area (TPSA) is 338 Å². The maximum atomic E-state index is 13.3. The van der Waals surface area contributed by atoms with E-state index in [1.54, 1.807) is 0 Å². The van der Waals surface area contributed by atoms with Crippen molar-refractivity contribution in [3.63, 3.8) is 0 Å². The average Bonchev–Trinajstić information content (AvgIpc) is 3.77. The van der Waals surface area contributed by atoms with Crippen LogP contribution in [0.5, 0.6) is 0 Å². The quantitative estimate of drug-likeness (QED) is 0.0560. The third kappa shape index (κ3) is 9.87. The van der Waals surface area contributed by atoms with Crippen molar-refractivity contribution >= 4 is 50.3 Å². The number of hydrogen-bond acceptors (Lipinski definition) is 18. The summed E-state index contributed by atoms with van der Waals surface area (Å²) in [6.07, 6.45) is -4.85. The number of aliphatic hydroxyl groups excluding tert-OH is 1. The Kier molecular flexibility index (Phi) is 12.4. The second-order valence-electron chi connectivity index (χ2n) is 11.8. The Balaban J connectivity index is 1.33. The zero-order valence-corrected chi connectivity index (χ0v) is 29.6. The number of hydrogen-bond donors (Lipinski definition) is 6. The average molecular weight is 790 g/mol. The van der Waals surface area contributed by atoms with Crippen molar-refractivity contribution in [2.75, 3.05) is 38.3 Å². The lowest BCUT2D eigenvalue weighted by atomic mass is 10.1. The third-order valence-electron chi connectivity index (χ3n) is 8.01. The summed E-state index contributed by atoms with van der Waals surface area (Å²) in [6, 6.07) is 1.28. The SMILES string of the molecule is C=CCCC(=O)N(C)CC(=O)OC1C(COP(=O)(O)O[C@H]2C[C@H](n3ccc(N)nc3=O)O[C@@H]2COP(=O)(O)O)OC(n2cnc3c(N)ncnc32)C1O. The van der Waals surface area contributed by atoms with Gasteiger partial charge in [0.05, 0.1) is 19.5 Å². The fourth-order valence-electron chi connectivity index (χ4n) is 5.49. The number of aliphatic hydroxyl groups is 1. The summed E-state index contributed by atoms with van der Waals surface area (Å²) in [7, 11) is -8.83. The van der Waals surface area contributed by atoms with Crippen LogP contribution in [-0.4, -0.2) is 123 Å². The standard InChI is InChI=1S/C27H37N9O15P2/c1-3-4-5-18(37)34(2)9-20(38)50-23-16(49-26(22(23)39)36-13-32-21-24(29)30-12-31-25(21)36)11-47-53(44,45)51-14-8-19(35-7-6-17(28)33-27(35)40)48-15(14)10-46-52(41,42)43/h3,6-7,12-16,19,22-23,26,39H,1,4-5,8-11H2,2H3,(H,44,45)(H2,28,33,40)(H2,29,30,31)(H2,41,42,43)/t14-,15+,16?,19+,22?,23?,26?/m0/s1. The Labute approximate surface area is 299 Å². The number of aromatic nitrogens is 6. The number of fused-ring (bicyclic) bond motifs is 1. The second-order valence-corrected chi connectivity index (χ2v) is 14.4. The highest BCUT2D eigenvalue weighted by Crippen LogP contribution is 2.50. The molecule has 0 spiro atoms. The molecule has 0 saturated carbocycles. The van der Waals surface area contributed by atoms with E-state index >= 15 is 0 Å². The van der Waals surface area contributed by atoms with Crippen LogP contribution in [0.15, 0.2) is 42.4 Å². The number of nitrogen functional groups attached to an aromatic ring is 2. The number of anilines is 2. The first kappa shape index (κ1) is 40.0. The molecule has 53 heavy (non-hydrogen) atoms. The number of likely N-dealkylation sites (N-methyl/N-ethyl adjacent to an activating group) is 1. The van der Waals surface area contributed by atoms with E-state index in [2.05, 4.69) is 31.0 Å². The summed E-state index contributed by atoms with van der Waals surface area (Å²) in [5.74, 6) is -1.42. The van der Waals surface area contributed by atoms with Crippen LogP contribution in [0.4, 0.5) is 11.6 Å². The molecule has 8 atom stereocenters. The molecule has 24 nitrogen and oxygen atoms in total. The van der Waals surface area contributed by atoms with Gasteiger partial charge in [0.25, 0.3) is 0 Å². The second kappa shape index (κ2) is 16.4. The molecule has 2 saturated heterocycles. The van der Waals surface area contributed by atoms with E-state index in [0.717, 1.165) is 15.8 Å². The predicted molar refractivity (Wildman–Crippen MR) is 177 cm³/mol. The van der Waals surface area contributed by atoms with Gasteiger partial charge in [-0.3, -0.25) is 32.3 Å². The number of allylic oxidation sites excluding steroid dienone is 1. The number of phosphoric acid groups is 2. The number of phosphoric ester groups is 2. The van der Waals surface area contributed by atoms with Crippen molar-refractivity contribution in [1.29, 1.82) is 0 Å². The van der Waals surface area contributed by atoms with E-state index in [1.807, 2.05) is 0 Å². The van der Waals surface area contributed by atoms with Crippen LogP contribution in [0.25, 0.3) is 11.2 Å². The molecule has 0 bridgehead atoms. The van der Waals surface area contributed by atoms with Crippen molar-refractivity contribution in [3.8, 4) is 0 Å². The molecular formula is C27H37N9O15P2. The molecule has 0 aliphatic carbocycles. The minimum absolute atomic E-state index is 0.0202. The summed E-state index contributed by atoms with van der Waals surface area (Å²) in [4.78, 5) is 83.7. The van der Waals surface area contributed by atoms with Crippen LogP contribution in [-0.2, 0) is 46.5 Å². The Morgan fingerprint density at radius 2 is 1.85 bits per heavy atom. The van der Waals surface area contributed by atoms with Gasteiger partial charge >= 0.3 is 27.3 Å². The maximum Gasteiger partial charge on any atom is 0.472 e. The van der Waals surface area contributed by atoms with Gasteiger partial charge in [-0.25, -0.2) is 28.9 Å². The van der Waals surface area contributed by atoms with Crippen molar-refractivity contribution in [2.45, 2.75) is 62.2 Å². The number of carbonyl (C=O) groups excluding carboxylic acids is 2. The van der Waals surface area contributed by atoms with Crippen LogP contribution >= 0.6 is 15.6 Å². The van der Waals surface area contributed by atoms with Crippen molar-refractivity contribution in [1.82, 2.24) is 34.0 Å². The van der Waals surface area contributed by atoms with Crippen LogP contribution < -0.4 is 17.2 Å². The van der Waals surface area contributed by atoms with Gasteiger partial charge in [0, 0.05) is 26.1 Å². The first-order valence-corrected chi connectivity index (χ1v) is 18.7. The predicted octanol–water partition coefficient (Wildman–Crippen LogP) is -1.26. The maximum absolute atomic E-state index is 13.3. The molecule has 2 aliphatic heterocycles. The number of imidazole rings is 1. The van der Waals surface area contributed by atoms with Gasteiger partial charge in [-0.05, 0) is 12.5 Å². The lowest BCUT2D eigenvalue weighted by Gasteiger charge is -2.24. The molecule has 1 amide bonds. The lowest BCUT2D eigenvalue weighted by Crippen LogP contribution is -2.41. The minimum atomic E-state index is -5.16. The Morgan fingerprint density at radius 1 is 1.11 bits per heavy atom. The highest BCUT2D eigenvalue weighted by molar-refractivity contribution is 7.47. The fourth-order valence-corrected chi connectivity index (χ4v) is 6.79. The summed E-state index contributed by atoms with van der Waals surface area (Å²) >= 11 is 0. The van der Waals surface area contributed by atoms with Gasteiger partial charge in [0.15, 0.2) is 23.8 Å². The lowest BCUT2D eigenvalue weighted by molar-refractivity contribution is -0.159. The molecule has 5 rings (SSSR count). The van der Waals surface area contributed by atoms with Gasteiger partial charge in [-0.1, -0.05) is 6.08 Å². The van der Waals surface area contributed by atoms with E-state index in [0.29, 0.717) is 6.42 Å². The van der Waals surface area contributed by atoms with Gasteiger partial charge in [-0.2, -0.15) is 4.98 Å². The highest BCUT2D eigenvalue weighted by atomic mass is 31.2. The van der Waals surface area contributed by atoms with Crippen LogP contribution in [0.2, 0.25) is 0 Å². The molecule has 2 fully saturated rings. The first-order valence-electron chi connectivity index (χ1n) is 15.6.